The molecule has 0 aromatic heterocycles. The number of benzene rings is 1. The fourth-order valence-corrected chi connectivity index (χ4v) is 8.53. The SMILES string of the molecule is CCC[C@H](NC(=O)[C@H](Cc1ccc(O)cc1)N(C)C(=O)[C@H](NC(=O)[C@H](CCC(N)=O)NC(=O)CNC(=O)CN(C)C(C)=O)C(C)CC)C(=O)N[C@H](C(=O)N[C@@H](CCCN=C(N)N)C(=O)N1CCC[C@H]1C(=O)NCC)C(C)CC. The van der Waals surface area contributed by atoms with Gasteiger partial charge in [0.15, 0.2) is 5.96 Å². The molecule has 0 spiro atoms. The Bertz CT molecular complexity index is 2260. The van der Waals surface area contributed by atoms with Crippen LogP contribution in [-0.4, -0.2) is 180 Å². The minimum Gasteiger partial charge on any atom is -0.508 e. The smallest absolute Gasteiger partial charge is 0.245 e. The van der Waals surface area contributed by atoms with Crippen molar-refractivity contribution in [3.63, 3.8) is 0 Å². The van der Waals surface area contributed by atoms with Crippen LogP contribution in [0.2, 0.25) is 0 Å². The van der Waals surface area contributed by atoms with Crippen LogP contribution in [0.25, 0.3) is 0 Å². The molecule has 1 aliphatic rings. The Morgan fingerprint density at radius 2 is 1.32 bits per heavy atom. The maximum Gasteiger partial charge on any atom is 0.245 e. The lowest BCUT2D eigenvalue weighted by molar-refractivity contribution is -0.144. The number of nitrogens with one attached hydrogen (secondary N) is 7. The molecule has 436 valence electrons. The Morgan fingerprint density at radius 1 is 0.731 bits per heavy atom. The van der Waals surface area contributed by atoms with E-state index in [0.717, 1.165) is 9.80 Å². The minimum atomic E-state index is -1.42. The van der Waals surface area contributed by atoms with Crippen molar-refractivity contribution in [1.82, 2.24) is 51.9 Å². The highest BCUT2D eigenvalue weighted by Gasteiger charge is 2.41. The number of rotatable bonds is 33. The quantitative estimate of drug-likeness (QED) is 0.0209. The van der Waals surface area contributed by atoms with Crippen molar-refractivity contribution in [2.75, 3.05) is 46.8 Å². The predicted octanol–water partition coefficient (Wildman–Crippen LogP) is -1.88. The Hall–Kier alpha value is -7.54. The summed E-state index contributed by atoms with van der Waals surface area (Å²) < 4.78 is 0. The first-order valence-corrected chi connectivity index (χ1v) is 26.8. The van der Waals surface area contributed by atoms with E-state index in [9.17, 15) is 57.8 Å². The van der Waals surface area contributed by atoms with Crippen molar-refractivity contribution in [2.45, 2.75) is 161 Å². The van der Waals surface area contributed by atoms with E-state index in [1.807, 2.05) is 6.92 Å². The van der Waals surface area contributed by atoms with Crippen molar-refractivity contribution < 1.29 is 57.8 Å². The van der Waals surface area contributed by atoms with Crippen LogP contribution >= 0.6 is 0 Å². The molecular formula is C52H86N14O12. The molecule has 9 atom stereocenters. The van der Waals surface area contributed by atoms with Gasteiger partial charge in [0.2, 0.25) is 65.0 Å². The normalized spacial score (nSPS) is 16.0. The number of hydrogen-bond donors (Lipinski definition) is 11. The zero-order valence-corrected chi connectivity index (χ0v) is 46.8. The second kappa shape index (κ2) is 33.6. The first-order valence-electron chi connectivity index (χ1n) is 26.8. The molecule has 14 N–H and O–H groups in total. The van der Waals surface area contributed by atoms with Crippen LogP contribution in [0.3, 0.4) is 0 Å². The van der Waals surface area contributed by atoms with Crippen molar-refractivity contribution in [2.24, 2.45) is 34.0 Å². The van der Waals surface area contributed by atoms with Gasteiger partial charge in [-0.15, -0.1) is 0 Å². The van der Waals surface area contributed by atoms with Crippen LogP contribution in [0, 0.1) is 11.8 Å². The first kappa shape index (κ1) is 66.6. The molecule has 1 fully saturated rings. The van der Waals surface area contributed by atoms with E-state index in [4.69, 9.17) is 17.2 Å². The molecule has 1 aromatic carbocycles. The summed E-state index contributed by atoms with van der Waals surface area (Å²) in [5, 5.41) is 28.8. The zero-order chi connectivity index (χ0) is 58.8. The maximum absolute atomic E-state index is 14.7. The zero-order valence-electron chi connectivity index (χ0n) is 46.8. The monoisotopic (exact) mass is 1100 g/mol. The lowest BCUT2D eigenvalue weighted by atomic mass is 9.95. The predicted molar refractivity (Wildman–Crippen MR) is 290 cm³/mol. The Balaban J connectivity index is 2.50. The third-order valence-corrected chi connectivity index (χ3v) is 13.7. The minimum absolute atomic E-state index is 0.0644. The number of primary amides is 1. The van der Waals surface area contributed by atoms with E-state index < -0.39 is 114 Å². The summed E-state index contributed by atoms with van der Waals surface area (Å²) >= 11 is 0. The topological polar surface area (TPSA) is 392 Å². The number of aromatic hydroxyl groups is 1. The summed E-state index contributed by atoms with van der Waals surface area (Å²) in [6.07, 6.45) is 1.83. The fourth-order valence-electron chi connectivity index (χ4n) is 8.53. The van der Waals surface area contributed by atoms with Crippen molar-refractivity contribution >= 4 is 70.9 Å². The molecule has 78 heavy (non-hydrogen) atoms. The molecule has 0 aliphatic carbocycles. The standard InChI is InChI=1S/C52H86N14O12/c1-10-16-35(45(72)62-43(30(5)11-2)49(76)61-37(17-14-25-57-52(54)55)50(77)66-26-15-18-38(66)47(74)56-13-4)60-48(75)39(27-33-19-21-34(68)22-20-33)65(9)51(78)44(31(6)12-3)63-46(73)36(23-24-40(53)69)59-41(70)28-58-42(71)29-64(8)32(7)67/h19-22,30-31,35-39,43-44,68H,10-18,23-29H2,1-9H3,(H2,53,69)(H,56,74)(H,58,71)(H,59,70)(H,60,75)(H,61,76)(H,62,72)(H,63,73)(H4,54,55,57)/t30?,31?,35-,36-,37-,38-,39-,43-,44+/m0/s1. The summed E-state index contributed by atoms with van der Waals surface area (Å²) in [6.45, 7) is 11.7. The number of hydrogen-bond acceptors (Lipinski definition) is 13. The van der Waals surface area contributed by atoms with Gasteiger partial charge in [-0.25, -0.2) is 0 Å². The van der Waals surface area contributed by atoms with E-state index >= 15 is 0 Å². The van der Waals surface area contributed by atoms with E-state index in [2.05, 4.69) is 42.2 Å². The van der Waals surface area contributed by atoms with Crippen molar-refractivity contribution in [3.8, 4) is 5.75 Å². The largest absolute Gasteiger partial charge is 0.508 e. The fraction of sp³-hybridized carbons (Fsp3) is 0.654. The molecule has 2 unspecified atom stereocenters. The second-order valence-electron chi connectivity index (χ2n) is 19.8. The van der Waals surface area contributed by atoms with Gasteiger partial charge < -0.3 is 74.2 Å². The summed E-state index contributed by atoms with van der Waals surface area (Å²) in [6, 6.07) is -2.55. The highest BCUT2D eigenvalue weighted by Crippen LogP contribution is 2.22. The van der Waals surface area contributed by atoms with Crippen LogP contribution in [0.15, 0.2) is 29.3 Å². The Kier molecular flexibility index (Phi) is 28.7. The van der Waals surface area contributed by atoms with Gasteiger partial charge >= 0.3 is 0 Å². The number of guanidine groups is 1. The van der Waals surface area contributed by atoms with E-state index in [1.165, 1.54) is 38.1 Å². The molecule has 0 radical (unpaired) electrons. The van der Waals surface area contributed by atoms with E-state index in [0.29, 0.717) is 50.8 Å². The highest BCUT2D eigenvalue weighted by molar-refractivity contribution is 5.98. The molecule has 0 saturated carbocycles. The number of phenols is 1. The molecule has 0 bridgehead atoms. The molecular weight excluding hydrogens is 1010 g/mol. The molecule has 26 heteroatoms. The number of aliphatic imine (C=N–C) groups is 1. The number of amides is 11. The van der Waals surface area contributed by atoms with Crippen LogP contribution in [0.5, 0.6) is 5.75 Å². The third-order valence-electron chi connectivity index (χ3n) is 13.7. The van der Waals surface area contributed by atoms with Crippen LogP contribution in [-0.2, 0) is 59.2 Å². The second-order valence-corrected chi connectivity index (χ2v) is 19.8. The Labute approximate surface area is 457 Å². The number of likely N-dealkylation sites (N-methyl/N-ethyl adjacent to an activating group) is 3. The molecule has 1 aromatic rings. The van der Waals surface area contributed by atoms with E-state index in [1.54, 1.807) is 46.8 Å². The summed E-state index contributed by atoms with van der Waals surface area (Å²) in [7, 11) is 2.74. The lowest BCUT2D eigenvalue weighted by Gasteiger charge is -2.34. The number of phenolic OH excluding ortho intramolecular Hbond substituents is 1. The molecule has 26 nitrogen and oxygen atoms in total. The number of likely N-dealkylation sites (tertiary alicyclic amines) is 1. The number of carbonyl (C=O) groups excluding carboxylic acids is 11. The molecule has 2 rings (SSSR count). The summed E-state index contributed by atoms with van der Waals surface area (Å²) in [5.74, 6) is -8.55. The van der Waals surface area contributed by atoms with Crippen molar-refractivity contribution in [3.05, 3.63) is 29.8 Å². The van der Waals surface area contributed by atoms with Gasteiger partial charge in [-0.1, -0.05) is 66.0 Å². The maximum atomic E-state index is 14.7. The summed E-state index contributed by atoms with van der Waals surface area (Å²) in [4.78, 5) is 156. The van der Waals surface area contributed by atoms with Gasteiger partial charge in [-0.2, -0.15) is 0 Å². The van der Waals surface area contributed by atoms with Gasteiger partial charge in [-0.05, 0) is 75.0 Å². The van der Waals surface area contributed by atoms with Gasteiger partial charge in [0.05, 0.1) is 13.1 Å². The first-order chi connectivity index (χ1) is 36.8. The van der Waals surface area contributed by atoms with Crippen LogP contribution < -0.4 is 54.4 Å². The van der Waals surface area contributed by atoms with Crippen molar-refractivity contribution in [1.29, 1.82) is 0 Å². The molecule has 11 amide bonds. The van der Waals surface area contributed by atoms with Gasteiger partial charge in [0.1, 0.15) is 48.0 Å². The average molecular weight is 1100 g/mol. The lowest BCUT2D eigenvalue weighted by Crippen LogP contribution is -2.62. The highest BCUT2D eigenvalue weighted by atomic mass is 16.3. The molecule has 1 heterocycles. The molecule has 1 aliphatic heterocycles. The van der Waals surface area contributed by atoms with Gasteiger partial charge in [0, 0.05) is 53.5 Å². The number of carbonyl (C=O) groups is 11. The number of nitrogens with two attached hydrogens (primary N) is 3. The van der Waals surface area contributed by atoms with Crippen LogP contribution in [0.4, 0.5) is 0 Å². The van der Waals surface area contributed by atoms with E-state index in [-0.39, 0.29) is 75.1 Å². The average Bonchev–Trinajstić information content (AvgIpc) is 3.89. The van der Waals surface area contributed by atoms with Gasteiger partial charge in [0.25, 0.3) is 0 Å². The molecule has 1 saturated heterocycles. The third kappa shape index (κ3) is 21.8. The van der Waals surface area contributed by atoms with Gasteiger partial charge in [-0.3, -0.25) is 57.7 Å². The summed E-state index contributed by atoms with van der Waals surface area (Å²) in [5.41, 5.74) is 17.0. The Morgan fingerprint density at radius 3 is 1.88 bits per heavy atom. The number of nitrogens with zero attached hydrogens (tertiary/aromatic N) is 4. The van der Waals surface area contributed by atoms with Crippen LogP contribution in [0.1, 0.15) is 118 Å².